The third-order valence-electron chi connectivity index (χ3n) is 2.90. The van der Waals surface area contributed by atoms with E-state index in [-0.39, 0.29) is 0 Å². The molecule has 6 heteroatoms. The molecule has 19 heavy (non-hydrogen) atoms. The number of anilines is 2. The van der Waals surface area contributed by atoms with E-state index < -0.39 is 0 Å². The summed E-state index contributed by atoms with van der Waals surface area (Å²) >= 11 is 3.41. The summed E-state index contributed by atoms with van der Waals surface area (Å²) in [7, 11) is 1.88. The molecule has 0 saturated carbocycles. The fraction of sp³-hybridized carbons (Fsp3) is 0.231. The highest BCUT2D eigenvalue weighted by atomic mass is 79.9. The number of hydrogen-bond acceptors (Lipinski definition) is 4. The lowest BCUT2D eigenvalue weighted by molar-refractivity contribution is 0.851. The molecule has 0 saturated heterocycles. The Morgan fingerprint density at radius 2 is 2.26 bits per heavy atom. The van der Waals surface area contributed by atoms with Crippen molar-refractivity contribution < 1.29 is 0 Å². The third kappa shape index (κ3) is 2.42. The van der Waals surface area contributed by atoms with Gasteiger partial charge in [-0.25, -0.2) is 4.68 Å². The van der Waals surface area contributed by atoms with Gasteiger partial charge in [-0.3, -0.25) is 0 Å². The van der Waals surface area contributed by atoms with Crippen molar-refractivity contribution in [3.8, 4) is 11.8 Å². The molecule has 1 heterocycles. The van der Waals surface area contributed by atoms with Crippen LogP contribution in [0.2, 0.25) is 0 Å². The number of nitriles is 1. The van der Waals surface area contributed by atoms with E-state index in [2.05, 4.69) is 27.1 Å². The molecule has 0 aliphatic rings. The Kier molecular flexibility index (Phi) is 3.76. The molecule has 0 fully saturated rings. The maximum atomic E-state index is 9.24. The van der Waals surface area contributed by atoms with Gasteiger partial charge in [0.2, 0.25) is 0 Å². The Morgan fingerprint density at radius 3 is 2.84 bits per heavy atom. The summed E-state index contributed by atoms with van der Waals surface area (Å²) in [6, 6.07) is 9.74. The lowest BCUT2D eigenvalue weighted by Gasteiger charge is -2.12. The van der Waals surface area contributed by atoms with Crippen LogP contribution in [0.1, 0.15) is 12.5 Å². The van der Waals surface area contributed by atoms with Gasteiger partial charge in [0.15, 0.2) is 5.82 Å². The molecule has 2 rings (SSSR count). The number of nitrogens with two attached hydrogens (primary N) is 1. The lowest BCUT2D eigenvalue weighted by Crippen LogP contribution is -2.17. The number of aromatic nitrogens is 2. The highest BCUT2D eigenvalue weighted by Crippen LogP contribution is 2.27. The minimum absolute atomic E-state index is 0.357. The van der Waals surface area contributed by atoms with Crippen molar-refractivity contribution in [2.45, 2.75) is 6.92 Å². The van der Waals surface area contributed by atoms with Gasteiger partial charge in [-0.15, -0.1) is 5.10 Å². The van der Waals surface area contributed by atoms with Gasteiger partial charge in [0.1, 0.15) is 17.5 Å². The van der Waals surface area contributed by atoms with Gasteiger partial charge >= 0.3 is 0 Å². The van der Waals surface area contributed by atoms with Crippen LogP contribution in [0.15, 0.2) is 28.7 Å². The molecule has 0 aliphatic carbocycles. The normalized spacial score (nSPS) is 10.2. The van der Waals surface area contributed by atoms with Crippen molar-refractivity contribution in [3.63, 3.8) is 0 Å². The van der Waals surface area contributed by atoms with Crippen LogP contribution in [-0.4, -0.2) is 23.4 Å². The van der Waals surface area contributed by atoms with Gasteiger partial charge in [0.05, 0.1) is 5.69 Å². The van der Waals surface area contributed by atoms with Crippen LogP contribution >= 0.6 is 15.9 Å². The first-order chi connectivity index (χ1) is 9.08. The number of rotatable bonds is 3. The second-order valence-electron chi connectivity index (χ2n) is 4.10. The summed E-state index contributed by atoms with van der Waals surface area (Å²) in [5.74, 6) is 0.957. The number of halogens is 1. The maximum absolute atomic E-state index is 9.24. The Labute approximate surface area is 120 Å². The van der Waals surface area contributed by atoms with Crippen molar-refractivity contribution in [1.82, 2.24) is 9.78 Å². The van der Waals surface area contributed by atoms with Crippen LogP contribution in [0.4, 0.5) is 11.6 Å². The monoisotopic (exact) mass is 319 g/mol. The molecule has 5 nitrogen and oxygen atoms in total. The molecule has 0 atom stereocenters. The molecular weight excluding hydrogens is 306 g/mol. The Hall–Kier alpha value is -2.00. The van der Waals surface area contributed by atoms with E-state index in [4.69, 9.17) is 5.73 Å². The zero-order valence-corrected chi connectivity index (χ0v) is 12.3. The molecule has 0 amide bonds. The lowest BCUT2D eigenvalue weighted by atomic mass is 10.3. The second-order valence-corrected chi connectivity index (χ2v) is 5.02. The minimum Gasteiger partial charge on any atom is -0.382 e. The first-order valence-corrected chi connectivity index (χ1v) is 6.63. The van der Waals surface area contributed by atoms with Crippen LogP contribution in [0.5, 0.6) is 0 Å². The predicted octanol–water partition coefficient (Wildman–Crippen LogP) is 2.54. The van der Waals surface area contributed by atoms with E-state index in [1.165, 1.54) is 0 Å². The molecule has 0 unspecified atom stereocenters. The molecule has 1 aromatic heterocycles. The van der Waals surface area contributed by atoms with Gasteiger partial charge < -0.3 is 10.6 Å². The standard InChI is InChI=1S/C13H14BrN5/c1-3-18(2)13-11(8-15)12(16)19(17-13)10-6-4-5-9(14)7-10/h4-7H,3,16H2,1-2H3. The average Bonchev–Trinajstić information content (AvgIpc) is 2.74. The average molecular weight is 320 g/mol. The first kappa shape index (κ1) is 13.4. The molecule has 0 radical (unpaired) electrons. The molecule has 0 aliphatic heterocycles. The minimum atomic E-state index is 0.357. The molecular formula is C13H14BrN5. The highest BCUT2D eigenvalue weighted by molar-refractivity contribution is 9.10. The van der Waals surface area contributed by atoms with Crippen LogP contribution in [0, 0.1) is 11.3 Å². The Morgan fingerprint density at radius 1 is 1.53 bits per heavy atom. The topological polar surface area (TPSA) is 70.9 Å². The number of nitrogens with zero attached hydrogens (tertiary/aromatic N) is 4. The summed E-state index contributed by atoms with van der Waals surface area (Å²) in [6.45, 7) is 2.75. The molecule has 98 valence electrons. The van der Waals surface area contributed by atoms with Crippen molar-refractivity contribution in [2.75, 3.05) is 24.2 Å². The number of hydrogen-bond donors (Lipinski definition) is 1. The van der Waals surface area contributed by atoms with E-state index in [9.17, 15) is 5.26 Å². The van der Waals surface area contributed by atoms with Gasteiger partial charge in [0.25, 0.3) is 0 Å². The Bertz CT molecular complexity index is 641. The summed E-state index contributed by atoms with van der Waals surface area (Å²) in [4.78, 5) is 1.89. The fourth-order valence-electron chi connectivity index (χ4n) is 1.75. The van der Waals surface area contributed by atoms with E-state index in [0.29, 0.717) is 17.2 Å². The first-order valence-electron chi connectivity index (χ1n) is 5.84. The summed E-state index contributed by atoms with van der Waals surface area (Å²) in [5.41, 5.74) is 7.25. The van der Waals surface area contributed by atoms with Crippen molar-refractivity contribution in [3.05, 3.63) is 34.3 Å². The quantitative estimate of drug-likeness (QED) is 0.943. The molecule has 1 aromatic carbocycles. The van der Waals surface area contributed by atoms with Crippen molar-refractivity contribution >= 4 is 27.6 Å². The third-order valence-corrected chi connectivity index (χ3v) is 3.40. The van der Waals surface area contributed by atoms with Crippen LogP contribution in [0.3, 0.4) is 0 Å². The van der Waals surface area contributed by atoms with E-state index in [0.717, 1.165) is 16.7 Å². The zero-order chi connectivity index (χ0) is 14.0. The largest absolute Gasteiger partial charge is 0.382 e. The van der Waals surface area contributed by atoms with E-state index in [1.807, 2.05) is 43.1 Å². The summed E-state index contributed by atoms with van der Waals surface area (Å²) in [5, 5.41) is 13.7. The van der Waals surface area contributed by atoms with E-state index >= 15 is 0 Å². The van der Waals surface area contributed by atoms with Crippen LogP contribution < -0.4 is 10.6 Å². The molecule has 2 aromatic rings. The van der Waals surface area contributed by atoms with Crippen LogP contribution in [-0.2, 0) is 0 Å². The van der Waals surface area contributed by atoms with Crippen LogP contribution in [0.25, 0.3) is 5.69 Å². The van der Waals surface area contributed by atoms with Gasteiger partial charge in [-0.05, 0) is 25.1 Å². The zero-order valence-electron chi connectivity index (χ0n) is 10.8. The Balaban J connectivity index is 2.60. The fourth-order valence-corrected chi connectivity index (χ4v) is 2.14. The highest BCUT2D eigenvalue weighted by Gasteiger charge is 2.18. The maximum Gasteiger partial charge on any atom is 0.171 e. The van der Waals surface area contributed by atoms with Gasteiger partial charge in [-0.2, -0.15) is 5.26 Å². The van der Waals surface area contributed by atoms with Gasteiger partial charge in [0, 0.05) is 18.1 Å². The number of benzene rings is 1. The van der Waals surface area contributed by atoms with E-state index in [1.54, 1.807) is 4.68 Å². The molecule has 2 N–H and O–H groups in total. The molecule has 0 spiro atoms. The molecule has 0 bridgehead atoms. The summed E-state index contributed by atoms with van der Waals surface area (Å²) < 4.78 is 2.52. The summed E-state index contributed by atoms with van der Waals surface area (Å²) in [6.07, 6.45) is 0. The van der Waals surface area contributed by atoms with Gasteiger partial charge in [-0.1, -0.05) is 22.0 Å². The SMILES string of the molecule is CCN(C)c1nn(-c2cccc(Br)c2)c(N)c1C#N. The smallest absolute Gasteiger partial charge is 0.171 e. The van der Waals surface area contributed by atoms with Crippen molar-refractivity contribution in [2.24, 2.45) is 0 Å². The predicted molar refractivity (Wildman–Crippen MR) is 79.3 cm³/mol. The number of nitrogen functional groups attached to an aromatic ring is 1. The second kappa shape index (κ2) is 5.33. The van der Waals surface area contributed by atoms with Crippen molar-refractivity contribution in [1.29, 1.82) is 5.26 Å².